The maximum atomic E-state index is 4.56. The van der Waals surface area contributed by atoms with Gasteiger partial charge in [-0.25, -0.2) is 4.68 Å². The van der Waals surface area contributed by atoms with Gasteiger partial charge in [0.15, 0.2) is 0 Å². The fourth-order valence-electron chi connectivity index (χ4n) is 3.48. The molecule has 7 heteroatoms. The van der Waals surface area contributed by atoms with Crippen LogP contribution in [0.4, 0.5) is 0 Å². The number of aromatic nitrogens is 5. The van der Waals surface area contributed by atoms with Crippen LogP contribution in [0.25, 0.3) is 32.0 Å². The van der Waals surface area contributed by atoms with Gasteiger partial charge in [-0.3, -0.25) is 4.98 Å². The van der Waals surface area contributed by atoms with Crippen LogP contribution in [0.15, 0.2) is 42.9 Å². The molecule has 0 bridgehead atoms. The maximum absolute atomic E-state index is 4.56. The van der Waals surface area contributed by atoms with E-state index in [0.717, 1.165) is 53.3 Å². The first-order valence-corrected chi connectivity index (χ1v) is 9.36. The number of thiophene rings is 1. The van der Waals surface area contributed by atoms with Gasteiger partial charge in [0.25, 0.3) is 0 Å². The predicted octanol–water partition coefficient (Wildman–Crippen LogP) is 3.47. The van der Waals surface area contributed by atoms with E-state index in [9.17, 15) is 0 Å². The van der Waals surface area contributed by atoms with Gasteiger partial charge in [-0.15, -0.1) is 16.4 Å². The monoisotopic (exact) mass is 350 g/mol. The maximum Gasteiger partial charge on any atom is 0.123 e. The standard InChI is InChI=1S/C18H18N6S/c1-2-7-20-13(3-1)16-17-15(6-10-21-17)25-18(16)14-11-24(23-22-14)12-4-8-19-9-5-12/h1-3,6-7,10-12,19,21H,4-5,8-9H2. The molecule has 126 valence electrons. The van der Waals surface area contributed by atoms with Crippen LogP contribution in [0.5, 0.6) is 0 Å². The highest BCUT2D eigenvalue weighted by Crippen LogP contribution is 2.42. The zero-order valence-electron chi connectivity index (χ0n) is 13.6. The Morgan fingerprint density at radius 1 is 1.12 bits per heavy atom. The molecule has 0 aliphatic carbocycles. The van der Waals surface area contributed by atoms with E-state index in [0.29, 0.717) is 6.04 Å². The highest BCUT2D eigenvalue weighted by Gasteiger charge is 2.22. The van der Waals surface area contributed by atoms with Gasteiger partial charge < -0.3 is 10.3 Å². The van der Waals surface area contributed by atoms with E-state index in [4.69, 9.17) is 0 Å². The number of fused-ring (bicyclic) bond motifs is 1. The normalized spacial score (nSPS) is 15.8. The lowest BCUT2D eigenvalue weighted by Crippen LogP contribution is -2.29. The molecule has 25 heavy (non-hydrogen) atoms. The molecular formula is C18H18N6S. The molecule has 0 saturated carbocycles. The van der Waals surface area contributed by atoms with Crippen molar-refractivity contribution >= 4 is 21.6 Å². The van der Waals surface area contributed by atoms with Crippen LogP contribution in [-0.2, 0) is 0 Å². The van der Waals surface area contributed by atoms with E-state index in [1.165, 1.54) is 4.70 Å². The Balaban J connectivity index is 1.61. The van der Waals surface area contributed by atoms with Gasteiger partial charge in [0.05, 0.1) is 33.0 Å². The van der Waals surface area contributed by atoms with E-state index in [1.54, 1.807) is 11.3 Å². The van der Waals surface area contributed by atoms with Gasteiger partial charge in [-0.05, 0) is 44.1 Å². The van der Waals surface area contributed by atoms with Crippen molar-refractivity contribution in [1.29, 1.82) is 0 Å². The summed E-state index contributed by atoms with van der Waals surface area (Å²) in [4.78, 5) is 9.04. The van der Waals surface area contributed by atoms with E-state index < -0.39 is 0 Å². The fraction of sp³-hybridized carbons (Fsp3) is 0.278. The highest BCUT2D eigenvalue weighted by molar-refractivity contribution is 7.23. The molecule has 0 radical (unpaired) electrons. The Hall–Kier alpha value is -2.51. The topological polar surface area (TPSA) is 71.4 Å². The first-order valence-electron chi connectivity index (χ1n) is 8.54. The largest absolute Gasteiger partial charge is 0.360 e. The molecule has 4 aromatic heterocycles. The minimum atomic E-state index is 0.436. The first-order chi connectivity index (χ1) is 12.4. The molecule has 0 amide bonds. The Labute approximate surface area is 148 Å². The first kappa shape index (κ1) is 14.8. The average Bonchev–Trinajstić information content (AvgIpc) is 3.38. The van der Waals surface area contributed by atoms with Crippen LogP contribution >= 0.6 is 11.3 Å². The summed E-state index contributed by atoms with van der Waals surface area (Å²) >= 11 is 1.74. The molecule has 0 unspecified atom stereocenters. The summed E-state index contributed by atoms with van der Waals surface area (Å²) in [6, 6.07) is 8.54. The van der Waals surface area contributed by atoms with Gasteiger partial charge in [0.1, 0.15) is 5.69 Å². The number of piperidine rings is 1. The number of H-pyrrole nitrogens is 1. The summed E-state index contributed by atoms with van der Waals surface area (Å²) < 4.78 is 3.25. The second-order valence-corrected chi connectivity index (χ2v) is 7.36. The van der Waals surface area contributed by atoms with Gasteiger partial charge >= 0.3 is 0 Å². The van der Waals surface area contributed by atoms with Crippen molar-refractivity contribution in [1.82, 2.24) is 30.3 Å². The predicted molar refractivity (Wildman–Crippen MR) is 99.6 cm³/mol. The van der Waals surface area contributed by atoms with Crippen molar-refractivity contribution in [3.05, 3.63) is 42.9 Å². The summed E-state index contributed by atoms with van der Waals surface area (Å²) in [7, 11) is 0. The number of aromatic amines is 1. The molecule has 1 aliphatic heterocycles. The molecule has 4 aromatic rings. The van der Waals surface area contributed by atoms with Crippen molar-refractivity contribution in [3.63, 3.8) is 0 Å². The third-order valence-corrected chi connectivity index (χ3v) is 5.92. The number of rotatable bonds is 3. The van der Waals surface area contributed by atoms with Crippen molar-refractivity contribution in [3.8, 4) is 21.8 Å². The zero-order valence-corrected chi connectivity index (χ0v) is 14.5. The van der Waals surface area contributed by atoms with Crippen LogP contribution in [0.3, 0.4) is 0 Å². The molecule has 0 spiro atoms. The van der Waals surface area contributed by atoms with Crippen molar-refractivity contribution < 1.29 is 0 Å². The van der Waals surface area contributed by atoms with Crippen LogP contribution < -0.4 is 5.32 Å². The van der Waals surface area contributed by atoms with Crippen LogP contribution in [0, 0.1) is 0 Å². The molecule has 2 N–H and O–H groups in total. The molecule has 1 fully saturated rings. The number of hydrogen-bond donors (Lipinski definition) is 2. The lowest BCUT2D eigenvalue weighted by Gasteiger charge is -2.22. The Kier molecular flexibility index (Phi) is 3.61. The summed E-state index contributed by atoms with van der Waals surface area (Å²) in [5.41, 5.74) is 4.12. The summed E-state index contributed by atoms with van der Waals surface area (Å²) in [6.07, 6.45) is 8.09. The Bertz CT molecular complexity index is 993. The summed E-state index contributed by atoms with van der Waals surface area (Å²) in [5, 5.41) is 12.3. The van der Waals surface area contributed by atoms with Crippen molar-refractivity contribution in [2.24, 2.45) is 0 Å². The molecule has 0 aromatic carbocycles. The Morgan fingerprint density at radius 2 is 2.04 bits per heavy atom. The SMILES string of the molecule is c1ccc(-c2c(-c3cn(C4CCNCC4)nn3)sc3cc[nH]c23)nc1. The minimum Gasteiger partial charge on any atom is -0.360 e. The fourth-order valence-corrected chi connectivity index (χ4v) is 4.60. The van der Waals surface area contributed by atoms with E-state index >= 15 is 0 Å². The van der Waals surface area contributed by atoms with Gasteiger partial charge in [0, 0.05) is 18.0 Å². The van der Waals surface area contributed by atoms with E-state index in [1.807, 2.05) is 35.3 Å². The number of nitrogens with zero attached hydrogens (tertiary/aromatic N) is 4. The van der Waals surface area contributed by atoms with Crippen LogP contribution in [-0.4, -0.2) is 38.1 Å². The number of pyridine rings is 1. The van der Waals surface area contributed by atoms with Crippen LogP contribution in [0.1, 0.15) is 18.9 Å². The molecular weight excluding hydrogens is 332 g/mol. The molecule has 1 saturated heterocycles. The quantitative estimate of drug-likeness (QED) is 0.593. The second-order valence-electron chi connectivity index (χ2n) is 6.30. The van der Waals surface area contributed by atoms with Gasteiger partial charge in [-0.2, -0.15) is 0 Å². The van der Waals surface area contributed by atoms with E-state index in [2.05, 4.69) is 37.9 Å². The highest BCUT2D eigenvalue weighted by atomic mass is 32.1. The Morgan fingerprint density at radius 3 is 2.88 bits per heavy atom. The summed E-state index contributed by atoms with van der Waals surface area (Å²) in [6.45, 7) is 2.09. The average molecular weight is 350 g/mol. The lowest BCUT2D eigenvalue weighted by atomic mass is 10.1. The smallest absolute Gasteiger partial charge is 0.123 e. The van der Waals surface area contributed by atoms with Crippen molar-refractivity contribution in [2.75, 3.05) is 13.1 Å². The zero-order chi connectivity index (χ0) is 16.6. The van der Waals surface area contributed by atoms with E-state index in [-0.39, 0.29) is 0 Å². The molecule has 1 aliphatic rings. The molecule has 5 rings (SSSR count). The van der Waals surface area contributed by atoms with Gasteiger partial charge in [-0.1, -0.05) is 11.3 Å². The molecule has 5 heterocycles. The van der Waals surface area contributed by atoms with Gasteiger partial charge in [0.2, 0.25) is 0 Å². The third kappa shape index (κ3) is 2.56. The second kappa shape index (κ2) is 6.09. The molecule has 0 atom stereocenters. The third-order valence-electron chi connectivity index (χ3n) is 4.74. The lowest BCUT2D eigenvalue weighted by molar-refractivity contribution is 0.337. The van der Waals surface area contributed by atoms with Crippen LogP contribution in [0.2, 0.25) is 0 Å². The number of hydrogen-bond acceptors (Lipinski definition) is 5. The van der Waals surface area contributed by atoms with Crippen molar-refractivity contribution in [2.45, 2.75) is 18.9 Å². The number of nitrogens with one attached hydrogen (secondary N) is 2. The molecule has 6 nitrogen and oxygen atoms in total. The summed E-state index contributed by atoms with van der Waals surface area (Å²) in [5.74, 6) is 0. The minimum absolute atomic E-state index is 0.436.